The van der Waals surface area contributed by atoms with Gasteiger partial charge in [0.2, 0.25) is 0 Å². The van der Waals surface area contributed by atoms with Crippen LogP contribution in [0.3, 0.4) is 0 Å². The van der Waals surface area contributed by atoms with Crippen LogP contribution in [0.2, 0.25) is 0 Å². The molecule has 254 valence electrons. The van der Waals surface area contributed by atoms with E-state index in [4.69, 9.17) is 9.47 Å². The molecule has 6 bridgehead atoms. The molecule has 7 aromatic carbocycles. The predicted molar refractivity (Wildman–Crippen MR) is 206 cm³/mol. The summed E-state index contributed by atoms with van der Waals surface area (Å²) in [6.07, 6.45) is 3.06. The lowest BCUT2D eigenvalue weighted by Gasteiger charge is -2.29. The molecule has 0 aliphatic heterocycles. The number of carbonyl (C=O) groups excluding carboxylic acids is 2. The molecule has 53 heavy (non-hydrogen) atoms. The third kappa shape index (κ3) is 3.53. The summed E-state index contributed by atoms with van der Waals surface area (Å²) in [6.45, 7) is 3.00. The largest absolute Gasteiger partial charge is 0.426 e. The molecule has 13 rings (SSSR count). The van der Waals surface area contributed by atoms with E-state index in [0.717, 1.165) is 41.2 Å². The molecule has 0 amide bonds. The summed E-state index contributed by atoms with van der Waals surface area (Å²) in [4.78, 5) is 25.9. The number of fused-ring (bicyclic) bond motifs is 27. The Labute approximate surface area is 306 Å². The molecular weight excluding hydrogens is 653 g/mol. The van der Waals surface area contributed by atoms with Gasteiger partial charge in [0.25, 0.3) is 0 Å². The van der Waals surface area contributed by atoms with Gasteiger partial charge in [-0.2, -0.15) is 0 Å². The van der Waals surface area contributed by atoms with E-state index in [1.54, 1.807) is 0 Å². The SMILES string of the molecule is CC(=O)Oc1c2c(c(OC(C)=O)c3cc4c(cc13)[C@H]1C[C@@H]4c3cc4cc5ccccc5cc4cc31)[C@H]1C[C@@H]2c2cc3c(cc21)[C@H]1C[C@@H]3c2ccccc21. The summed E-state index contributed by atoms with van der Waals surface area (Å²) >= 11 is 0. The molecule has 0 saturated carbocycles. The van der Waals surface area contributed by atoms with Gasteiger partial charge in [0, 0.05) is 71.3 Å². The van der Waals surface area contributed by atoms with Gasteiger partial charge in [0.15, 0.2) is 0 Å². The van der Waals surface area contributed by atoms with Crippen LogP contribution < -0.4 is 9.47 Å². The van der Waals surface area contributed by atoms with Gasteiger partial charge in [0.05, 0.1) is 0 Å². The van der Waals surface area contributed by atoms with Crippen molar-refractivity contribution in [2.45, 2.75) is 68.6 Å². The first-order chi connectivity index (χ1) is 25.9. The summed E-state index contributed by atoms with van der Waals surface area (Å²) in [7, 11) is 0. The molecule has 0 radical (unpaired) electrons. The Morgan fingerprint density at radius 3 is 1.23 bits per heavy atom. The van der Waals surface area contributed by atoms with Gasteiger partial charge in [0.1, 0.15) is 11.5 Å². The average molecular weight is 687 g/mol. The summed E-state index contributed by atoms with van der Waals surface area (Å²) in [5.74, 6) is 2.20. The fourth-order valence-corrected chi connectivity index (χ4v) is 12.2. The molecule has 6 aliphatic carbocycles. The number of hydrogen-bond acceptors (Lipinski definition) is 4. The third-order valence-corrected chi connectivity index (χ3v) is 14.0. The van der Waals surface area contributed by atoms with Crippen molar-refractivity contribution in [3.8, 4) is 11.5 Å². The van der Waals surface area contributed by atoms with Crippen molar-refractivity contribution in [3.05, 3.63) is 164 Å². The number of rotatable bonds is 2. The molecule has 0 heterocycles. The Kier molecular flexibility index (Phi) is 5.23. The highest BCUT2D eigenvalue weighted by Crippen LogP contribution is 2.67. The number of esters is 2. The van der Waals surface area contributed by atoms with Gasteiger partial charge in [-0.15, -0.1) is 0 Å². The minimum atomic E-state index is -0.328. The molecule has 7 aromatic rings. The van der Waals surface area contributed by atoms with E-state index in [1.165, 1.54) is 91.0 Å². The second-order valence-corrected chi connectivity index (χ2v) is 16.5. The standard InChI is InChI=1S/C49H34O4/c1-22(50)52-48-44-19-38-34-16-35(31-14-27-12-25-8-4-3-7-24(25)11-26(27)13-30(31)34)39(38)20-45(44)49(53-23(2)51)47-43-21-42(46(47)48)40-17-36-32-15-33(37(36)18-41(40)43)29-10-6-5-9-28(29)32/h3-14,17-20,32-35,42-43H,15-16,21H2,1-2H3/t32-,33+,34+,35-,42-,43+. The molecule has 6 atom stereocenters. The smallest absolute Gasteiger partial charge is 0.308 e. The Balaban J connectivity index is 1.02. The van der Waals surface area contributed by atoms with Crippen molar-refractivity contribution in [1.29, 1.82) is 0 Å². The first kappa shape index (κ1) is 28.8. The molecule has 4 heteroatoms. The maximum atomic E-state index is 13.0. The van der Waals surface area contributed by atoms with E-state index in [0.29, 0.717) is 23.3 Å². The Morgan fingerprint density at radius 2 is 0.774 bits per heavy atom. The second kappa shape index (κ2) is 9.62. The summed E-state index contributed by atoms with van der Waals surface area (Å²) in [5, 5.41) is 6.80. The molecule has 0 spiro atoms. The maximum absolute atomic E-state index is 13.0. The number of carbonyl (C=O) groups is 2. The van der Waals surface area contributed by atoms with Crippen LogP contribution in [0.4, 0.5) is 0 Å². The predicted octanol–water partition coefficient (Wildman–Crippen LogP) is 10.9. The van der Waals surface area contributed by atoms with Gasteiger partial charge in [-0.05, 0) is 121 Å². The van der Waals surface area contributed by atoms with Gasteiger partial charge in [-0.3, -0.25) is 9.59 Å². The Morgan fingerprint density at radius 1 is 0.415 bits per heavy atom. The first-order valence-corrected chi connectivity index (χ1v) is 19.2. The Hall–Kier alpha value is -5.74. The second-order valence-electron chi connectivity index (χ2n) is 16.5. The van der Waals surface area contributed by atoms with Crippen molar-refractivity contribution in [1.82, 2.24) is 0 Å². The fraction of sp³-hybridized carbons (Fsp3) is 0.224. The van der Waals surface area contributed by atoms with Crippen LogP contribution in [0.1, 0.15) is 135 Å². The van der Waals surface area contributed by atoms with E-state index >= 15 is 0 Å². The van der Waals surface area contributed by atoms with Crippen LogP contribution in [-0.4, -0.2) is 11.9 Å². The number of ether oxygens (including phenoxy) is 2. The molecule has 0 N–H and O–H groups in total. The molecule has 6 aliphatic rings. The summed E-state index contributed by atoms with van der Waals surface area (Å²) in [5.41, 5.74) is 16.0. The lowest BCUT2D eigenvalue weighted by atomic mass is 9.77. The average Bonchev–Trinajstić information content (AvgIpc) is 4.01. The van der Waals surface area contributed by atoms with E-state index < -0.39 is 0 Å². The lowest BCUT2D eigenvalue weighted by molar-refractivity contribution is -0.133. The normalized spacial score (nSPS) is 24.0. The number of hydrogen-bond donors (Lipinski definition) is 0. The van der Waals surface area contributed by atoms with Gasteiger partial charge in [-0.1, -0.05) is 72.8 Å². The zero-order valence-corrected chi connectivity index (χ0v) is 29.5. The molecule has 0 unspecified atom stereocenters. The van der Waals surface area contributed by atoms with Gasteiger partial charge in [-0.25, -0.2) is 0 Å². The van der Waals surface area contributed by atoms with E-state index in [-0.39, 0.29) is 35.6 Å². The summed E-state index contributed by atoms with van der Waals surface area (Å²) < 4.78 is 12.6. The van der Waals surface area contributed by atoms with Crippen LogP contribution in [0.25, 0.3) is 32.3 Å². The van der Waals surface area contributed by atoms with Crippen LogP contribution >= 0.6 is 0 Å². The highest BCUT2D eigenvalue weighted by molar-refractivity contribution is 6.03. The molecule has 0 saturated heterocycles. The van der Waals surface area contributed by atoms with Crippen molar-refractivity contribution in [2.75, 3.05) is 0 Å². The first-order valence-electron chi connectivity index (χ1n) is 19.2. The minimum absolute atomic E-state index is 0.0735. The van der Waals surface area contributed by atoms with Crippen LogP contribution in [-0.2, 0) is 9.59 Å². The van der Waals surface area contributed by atoms with Crippen LogP contribution in [0.15, 0.2) is 97.1 Å². The zero-order chi connectivity index (χ0) is 35.0. The van der Waals surface area contributed by atoms with E-state index in [1.807, 2.05) is 0 Å². The number of benzene rings is 7. The van der Waals surface area contributed by atoms with E-state index in [9.17, 15) is 9.59 Å². The molecular formula is C49H34O4. The molecule has 0 aromatic heterocycles. The van der Waals surface area contributed by atoms with Crippen molar-refractivity contribution < 1.29 is 19.1 Å². The quantitative estimate of drug-likeness (QED) is 0.103. The Bertz CT molecular complexity index is 2740. The molecule has 0 fully saturated rings. The minimum Gasteiger partial charge on any atom is -0.426 e. The third-order valence-electron chi connectivity index (χ3n) is 14.0. The van der Waals surface area contributed by atoms with Gasteiger partial charge < -0.3 is 9.47 Å². The maximum Gasteiger partial charge on any atom is 0.308 e. The van der Waals surface area contributed by atoms with Crippen molar-refractivity contribution in [2.24, 2.45) is 0 Å². The summed E-state index contributed by atoms with van der Waals surface area (Å²) in [6, 6.07) is 36.5. The topological polar surface area (TPSA) is 52.6 Å². The van der Waals surface area contributed by atoms with Crippen molar-refractivity contribution >= 4 is 44.3 Å². The van der Waals surface area contributed by atoms with Gasteiger partial charge >= 0.3 is 11.9 Å². The van der Waals surface area contributed by atoms with Crippen LogP contribution in [0, 0.1) is 0 Å². The van der Waals surface area contributed by atoms with Crippen molar-refractivity contribution in [3.63, 3.8) is 0 Å². The highest BCUT2D eigenvalue weighted by Gasteiger charge is 2.51. The zero-order valence-electron chi connectivity index (χ0n) is 29.5. The van der Waals surface area contributed by atoms with Crippen LogP contribution in [0.5, 0.6) is 11.5 Å². The lowest BCUT2D eigenvalue weighted by Crippen LogP contribution is -2.15. The molecule has 4 nitrogen and oxygen atoms in total. The van der Waals surface area contributed by atoms with E-state index in [2.05, 4.69) is 97.1 Å². The highest BCUT2D eigenvalue weighted by atomic mass is 16.5. The fourth-order valence-electron chi connectivity index (χ4n) is 12.2. The monoisotopic (exact) mass is 686 g/mol.